The number of nitrogens with zero attached hydrogens (tertiary/aromatic N) is 5. The highest BCUT2D eigenvalue weighted by molar-refractivity contribution is 6.04. The maximum Gasteiger partial charge on any atom is 0.416 e. The van der Waals surface area contributed by atoms with Crippen molar-refractivity contribution >= 4 is 29.0 Å². The maximum absolute atomic E-state index is 15.5. The van der Waals surface area contributed by atoms with Gasteiger partial charge in [-0.25, -0.2) is 19.3 Å². The number of pyridine rings is 1. The number of nitrogen functional groups attached to an aromatic ring is 1. The molecular formula is C27H25F4N7O5. The first-order valence-corrected chi connectivity index (χ1v) is 12.8. The van der Waals surface area contributed by atoms with Crippen LogP contribution in [0.5, 0.6) is 0 Å². The number of imidazole rings is 1. The summed E-state index contributed by atoms with van der Waals surface area (Å²) in [7, 11) is 1.37. The number of benzene rings is 1. The van der Waals surface area contributed by atoms with Crippen molar-refractivity contribution in [1.29, 1.82) is 0 Å². The number of methoxy groups -OCH3 is 1. The molecule has 3 aromatic heterocycles. The Kier molecular flexibility index (Phi) is 8.25. The predicted molar refractivity (Wildman–Crippen MR) is 143 cm³/mol. The van der Waals surface area contributed by atoms with Crippen molar-refractivity contribution in [2.24, 2.45) is 0 Å². The average Bonchev–Trinajstić information content (AvgIpc) is 3.37. The van der Waals surface area contributed by atoms with Crippen LogP contribution in [0.4, 0.5) is 29.2 Å². The van der Waals surface area contributed by atoms with Crippen molar-refractivity contribution in [3.05, 3.63) is 71.7 Å². The van der Waals surface area contributed by atoms with E-state index in [1.54, 1.807) is 10.6 Å². The van der Waals surface area contributed by atoms with Gasteiger partial charge in [-0.15, -0.1) is 0 Å². The lowest BCUT2D eigenvalue weighted by Crippen LogP contribution is -2.52. The Bertz CT molecular complexity index is 1680. The van der Waals surface area contributed by atoms with Crippen LogP contribution in [0.3, 0.4) is 0 Å². The van der Waals surface area contributed by atoms with Crippen LogP contribution in [-0.2, 0) is 20.4 Å². The van der Waals surface area contributed by atoms with E-state index in [4.69, 9.17) is 15.2 Å². The van der Waals surface area contributed by atoms with Crippen LogP contribution in [-0.4, -0.2) is 80.7 Å². The molecule has 0 spiro atoms. The van der Waals surface area contributed by atoms with Crippen LogP contribution in [0.25, 0.3) is 16.8 Å². The van der Waals surface area contributed by atoms with Gasteiger partial charge in [0.1, 0.15) is 47.2 Å². The molecule has 43 heavy (non-hydrogen) atoms. The fourth-order valence-corrected chi connectivity index (χ4v) is 4.73. The van der Waals surface area contributed by atoms with Gasteiger partial charge in [0.25, 0.3) is 5.91 Å². The highest BCUT2D eigenvalue weighted by atomic mass is 19.4. The normalized spacial score (nSPS) is 17.3. The number of nitrogens with one attached hydrogen (secondary N) is 1. The van der Waals surface area contributed by atoms with Crippen LogP contribution >= 0.6 is 0 Å². The lowest BCUT2D eigenvalue weighted by atomic mass is 10.1. The molecule has 4 aromatic rings. The second kappa shape index (κ2) is 11.9. The number of nitrogens with two attached hydrogens (primary N) is 1. The van der Waals surface area contributed by atoms with E-state index in [2.05, 4.69) is 20.3 Å². The number of morpholine rings is 1. The maximum atomic E-state index is 15.5. The first-order valence-electron chi connectivity index (χ1n) is 12.8. The molecule has 0 bridgehead atoms. The lowest BCUT2D eigenvalue weighted by Gasteiger charge is -2.38. The van der Waals surface area contributed by atoms with Crippen LogP contribution in [0, 0.1) is 5.82 Å². The van der Waals surface area contributed by atoms with Crippen LogP contribution < -0.4 is 11.1 Å². The number of halogens is 4. The van der Waals surface area contributed by atoms with Gasteiger partial charge in [0.15, 0.2) is 0 Å². The summed E-state index contributed by atoms with van der Waals surface area (Å²) in [6.45, 7) is -0.524. The number of aliphatic hydroxyl groups excluding tert-OH is 1. The van der Waals surface area contributed by atoms with E-state index in [0.29, 0.717) is 6.07 Å². The van der Waals surface area contributed by atoms with Crippen LogP contribution in [0.2, 0.25) is 0 Å². The number of ether oxygens (including phenoxy) is 2. The molecule has 2 amide bonds. The van der Waals surface area contributed by atoms with E-state index >= 15 is 4.39 Å². The number of anilines is 2. The number of fused-ring (bicyclic) bond motifs is 1. The monoisotopic (exact) mass is 603 g/mol. The molecule has 0 saturated carbocycles. The summed E-state index contributed by atoms with van der Waals surface area (Å²) in [4.78, 5) is 39.2. The standard InChI is InChI=1S/C27H25F4N7O5/c1-42-13-21(40)38-10-19(43-12-16(38)11-39)25-36-22(23-24(32)34-6-7-37(23)25)17-3-2-14(8-18(17)28)26(41)35-20-9-15(4-5-33-20)27(29,30)31/h2-9,16,19,39H,10-13H2,1H3,(H2,32,34)(H,33,35,41)/t16-,19-/m1/s1. The van der Waals surface area contributed by atoms with Crippen molar-refractivity contribution in [2.75, 3.05) is 44.5 Å². The fraction of sp³-hybridized carbons (Fsp3) is 0.296. The predicted octanol–water partition coefficient (Wildman–Crippen LogP) is 2.69. The summed E-state index contributed by atoms with van der Waals surface area (Å²) in [5, 5.41) is 12.0. The zero-order valence-electron chi connectivity index (χ0n) is 22.5. The third kappa shape index (κ3) is 5.97. The minimum Gasteiger partial charge on any atom is -0.394 e. The summed E-state index contributed by atoms with van der Waals surface area (Å²) in [6, 6.07) is 4.28. The van der Waals surface area contributed by atoms with Gasteiger partial charge < -0.3 is 30.5 Å². The summed E-state index contributed by atoms with van der Waals surface area (Å²) >= 11 is 0. The van der Waals surface area contributed by atoms with Crippen molar-refractivity contribution in [3.8, 4) is 11.3 Å². The van der Waals surface area contributed by atoms with E-state index in [0.717, 1.165) is 18.3 Å². The third-order valence-electron chi connectivity index (χ3n) is 6.81. The number of carbonyl (C=O) groups excluding carboxylic acids is 2. The zero-order chi connectivity index (χ0) is 30.9. The number of aliphatic hydroxyl groups is 1. The molecule has 0 unspecified atom stereocenters. The van der Waals surface area contributed by atoms with E-state index in [1.165, 1.54) is 30.3 Å². The van der Waals surface area contributed by atoms with E-state index in [-0.39, 0.29) is 72.1 Å². The lowest BCUT2D eigenvalue weighted by molar-refractivity contribution is -0.152. The van der Waals surface area contributed by atoms with Crippen LogP contribution in [0.1, 0.15) is 27.8 Å². The Morgan fingerprint density at radius 1 is 1.21 bits per heavy atom. The fourth-order valence-electron chi connectivity index (χ4n) is 4.73. The Labute approximate surface area is 241 Å². The van der Waals surface area contributed by atoms with Gasteiger partial charge in [0.2, 0.25) is 5.91 Å². The Morgan fingerprint density at radius 2 is 2.00 bits per heavy atom. The van der Waals surface area contributed by atoms with Gasteiger partial charge in [-0.3, -0.25) is 14.0 Å². The average molecular weight is 604 g/mol. The molecule has 2 atom stereocenters. The third-order valence-corrected chi connectivity index (χ3v) is 6.81. The quantitative estimate of drug-likeness (QED) is 0.270. The molecule has 4 heterocycles. The van der Waals surface area contributed by atoms with Gasteiger partial charge >= 0.3 is 6.18 Å². The topological polar surface area (TPSA) is 157 Å². The van der Waals surface area contributed by atoms with E-state index < -0.39 is 35.6 Å². The molecular weight excluding hydrogens is 578 g/mol. The van der Waals surface area contributed by atoms with Gasteiger partial charge in [0.05, 0.1) is 31.4 Å². The summed E-state index contributed by atoms with van der Waals surface area (Å²) < 4.78 is 67.0. The molecule has 12 nitrogen and oxygen atoms in total. The molecule has 226 valence electrons. The van der Waals surface area contributed by atoms with E-state index in [1.807, 2.05) is 0 Å². The summed E-state index contributed by atoms with van der Waals surface area (Å²) in [5.74, 6) is -2.18. The minimum atomic E-state index is -4.64. The number of alkyl halides is 3. The molecule has 1 aliphatic heterocycles. The molecule has 1 saturated heterocycles. The number of rotatable bonds is 7. The Hall–Kier alpha value is -4.67. The van der Waals surface area contributed by atoms with E-state index in [9.17, 15) is 27.9 Å². The SMILES string of the molecule is COCC(=O)N1C[C@H](c2nc(-c3ccc(C(=O)Nc4cc(C(F)(F)F)ccn4)cc3F)c3c(N)nccn23)OC[C@H]1CO. The highest BCUT2D eigenvalue weighted by Crippen LogP contribution is 2.35. The van der Waals surface area contributed by atoms with Crippen molar-refractivity contribution in [1.82, 2.24) is 24.3 Å². The molecule has 16 heteroatoms. The number of aromatic nitrogens is 4. The zero-order valence-corrected chi connectivity index (χ0v) is 22.5. The molecule has 0 radical (unpaired) electrons. The molecule has 5 rings (SSSR count). The van der Waals surface area contributed by atoms with Crippen molar-refractivity contribution in [3.63, 3.8) is 0 Å². The number of amides is 2. The molecule has 4 N–H and O–H groups in total. The Balaban J connectivity index is 1.47. The van der Waals surface area contributed by atoms with Crippen molar-refractivity contribution in [2.45, 2.75) is 18.3 Å². The first kappa shape index (κ1) is 29.8. The molecule has 1 aromatic carbocycles. The largest absolute Gasteiger partial charge is 0.416 e. The summed E-state index contributed by atoms with van der Waals surface area (Å²) in [6.07, 6.45) is -1.58. The molecule has 0 aliphatic carbocycles. The van der Waals surface area contributed by atoms with Gasteiger partial charge in [-0.05, 0) is 30.3 Å². The highest BCUT2D eigenvalue weighted by Gasteiger charge is 2.36. The second-order valence-corrected chi connectivity index (χ2v) is 9.56. The molecule has 1 fully saturated rings. The van der Waals surface area contributed by atoms with Gasteiger partial charge in [0, 0.05) is 36.8 Å². The minimum absolute atomic E-state index is 0.000336. The van der Waals surface area contributed by atoms with Crippen molar-refractivity contribution < 1.29 is 41.7 Å². The number of hydrogen-bond donors (Lipinski definition) is 3. The number of hydrogen-bond acceptors (Lipinski definition) is 9. The van der Waals surface area contributed by atoms with Gasteiger partial charge in [-0.2, -0.15) is 13.2 Å². The van der Waals surface area contributed by atoms with Gasteiger partial charge in [-0.1, -0.05) is 0 Å². The Morgan fingerprint density at radius 3 is 2.70 bits per heavy atom. The smallest absolute Gasteiger partial charge is 0.394 e. The summed E-state index contributed by atoms with van der Waals surface area (Å²) in [5.41, 5.74) is 5.23. The first-order chi connectivity index (χ1) is 20.5. The van der Waals surface area contributed by atoms with Crippen LogP contribution in [0.15, 0.2) is 48.9 Å². The number of carbonyl (C=O) groups is 2. The molecule has 1 aliphatic rings. The second-order valence-electron chi connectivity index (χ2n) is 9.56.